The number of hydrogen-bond donors (Lipinski definition) is 1. The predicted octanol–water partition coefficient (Wildman–Crippen LogP) is 4.22. The number of carbonyl (C=O) groups excluding carboxylic acids is 1. The Kier molecular flexibility index (Phi) is 6.34. The van der Waals surface area contributed by atoms with Crippen molar-refractivity contribution in [3.05, 3.63) is 60.2 Å². The highest BCUT2D eigenvalue weighted by molar-refractivity contribution is 7.99. The highest BCUT2D eigenvalue weighted by atomic mass is 32.2. The Hall–Kier alpha value is -1.94. The van der Waals surface area contributed by atoms with Crippen molar-refractivity contribution >= 4 is 17.7 Å². The van der Waals surface area contributed by atoms with Gasteiger partial charge in [0.2, 0.25) is 0 Å². The summed E-state index contributed by atoms with van der Waals surface area (Å²) in [6, 6.07) is 17.1. The minimum Gasteiger partial charge on any atom is -0.508 e. The minimum absolute atomic E-state index is 0.110. The van der Waals surface area contributed by atoms with Crippen LogP contribution in [0.2, 0.25) is 0 Å². The molecule has 0 amide bonds. The summed E-state index contributed by atoms with van der Waals surface area (Å²) in [5.41, 5.74) is 1.14. The molecule has 2 aromatic carbocycles. The number of phenolic OH excluding ortho intramolecular Hbond substituents is 1. The topological polar surface area (TPSA) is 46.5 Å². The van der Waals surface area contributed by atoms with Crippen molar-refractivity contribution in [1.29, 1.82) is 0 Å². The zero-order valence-electron chi connectivity index (χ0n) is 12.6. The lowest BCUT2D eigenvalue weighted by molar-refractivity contribution is -0.143. The molecule has 22 heavy (non-hydrogen) atoms. The first-order valence-electron chi connectivity index (χ1n) is 7.31. The third kappa shape index (κ3) is 5.11. The molecule has 1 atom stereocenters. The van der Waals surface area contributed by atoms with Crippen molar-refractivity contribution in [3.63, 3.8) is 0 Å². The lowest BCUT2D eigenvalue weighted by Gasteiger charge is -2.16. The Bertz CT molecular complexity index is 581. The maximum Gasteiger partial charge on any atom is 0.306 e. The number of carbonyl (C=O) groups is 1. The van der Waals surface area contributed by atoms with Crippen LogP contribution in [0.15, 0.2) is 59.5 Å². The van der Waals surface area contributed by atoms with E-state index in [1.807, 2.05) is 49.4 Å². The second-order valence-electron chi connectivity index (χ2n) is 4.92. The number of ether oxygens (including phenoxy) is 1. The summed E-state index contributed by atoms with van der Waals surface area (Å²) in [7, 11) is 0. The van der Waals surface area contributed by atoms with E-state index in [0.717, 1.165) is 16.2 Å². The van der Waals surface area contributed by atoms with Crippen molar-refractivity contribution < 1.29 is 14.6 Å². The number of benzene rings is 2. The summed E-state index contributed by atoms with van der Waals surface area (Å²) in [4.78, 5) is 12.9. The second kappa shape index (κ2) is 8.49. The Balaban J connectivity index is 2.04. The first-order chi connectivity index (χ1) is 10.7. The van der Waals surface area contributed by atoms with Crippen molar-refractivity contribution in [2.45, 2.75) is 24.2 Å². The quantitative estimate of drug-likeness (QED) is 0.613. The summed E-state index contributed by atoms with van der Waals surface area (Å²) in [6.07, 6.45) is 0.378. The number of hydrogen-bond acceptors (Lipinski definition) is 4. The van der Waals surface area contributed by atoms with Gasteiger partial charge in [-0.15, -0.1) is 11.8 Å². The molecule has 0 radical (unpaired) electrons. The zero-order valence-corrected chi connectivity index (χ0v) is 13.4. The maximum atomic E-state index is 11.8. The summed E-state index contributed by atoms with van der Waals surface area (Å²) >= 11 is 1.67. The van der Waals surface area contributed by atoms with Crippen LogP contribution in [0, 0.1) is 0 Å². The van der Waals surface area contributed by atoms with E-state index in [1.165, 1.54) is 0 Å². The van der Waals surface area contributed by atoms with Gasteiger partial charge in [-0.25, -0.2) is 0 Å². The third-order valence-electron chi connectivity index (χ3n) is 3.28. The molecule has 0 aliphatic carbocycles. The van der Waals surface area contributed by atoms with Gasteiger partial charge in [-0.3, -0.25) is 4.79 Å². The van der Waals surface area contributed by atoms with E-state index in [2.05, 4.69) is 0 Å². The van der Waals surface area contributed by atoms with Gasteiger partial charge in [0.1, 0.15) is 5.75 Å². The van der Waals surface area contributed by atoms with E-state index in [9.17, 15) is 9.90 Å². The molecule has 0 aliphatic heterocycles. The summed E-state index contributed by atoms with van der Waals surface area (Å²) in [5, 5.41) is 9.32. The standard InChI is InChI=1S/C18H20O3S/c1-2-21-18(20)12-15(14-6-4-3-5-7-14)13-22-17-10-8-16(19)9-11-17/h3-11,15,19H,2,12-13H2,1H3. The van der Waals surface area contributed by atoms with Crippen LogP contribution in [-0.4, -0.2) is 23.4 Å². The van der Waals surface area contributed by atoms with Gasteiger partial charge in [-0.2, -0.15) is 0 Å². The van der Waals surface area contributed by atoms with Gasteiger partial charge >= 0.3 is 5.97 Å². The van der Waals surface area contributed by atoms with Crippen LogP contribution < -0.4 is 0 Å². The molecular weight excluding hydrogens is 296 g/mol. The lowest BCUT2D eigenvalue weighted by Crippen LogP contribution is -2.12. The molecule has 1 N–H and O–H groups in total. The molecule has 0 aliphatic rings. The summed E-state index contributed by atoms with van der Waals surface area (Å²) in [6.45, 7) is 2.23. The average molecular weight is 316 g/mol. The van der Waals surface area contributed by atoms with E-state index >= 15 is 0 Å². The Morgan fingerprint density at radius 1 is 1.14 bits per heavy atom. The summed E-state index contributed by atoms with van der Waals surface area (Å²) < 4.78 is 5.08. The molecule has 0 saturated heterocycles. The first kappa shape index (κ1) is 16.4. The van der Waals surface area contributed by atoms with E-state index < -0.39 is 0 Å². The first-order valence-corrected chi connectivity index (χ1v) is 8.30. The fourth-order valence-corrected chi connectivity index (χ4v) is 3.19. The van der Waals surface area contributed by atoms with Crippen molar-refractivity contribution in [3.8, 4) is 5.75 Å². The molecule has 3 nitrogen and oxygen atoms in total. The molecule has 0 heterocycles. The third-order valence-corrected chi connectivity index (χ3v) is 4.45. The summed E-state index contributed by atoms with van der Waals surface area (Å²) in [5.74, 6) is 0.991. The van der Waals surface area contributed by atoms with Crippen LogP contribution in [0.4, 0.5) is 0 Å². The molecule has 0 fully saturated rings. The largest absolute Gasteiger partial charge is 0.508 e. The van der Waals surface area contributed by atoms with E-state index in [-0.39, 0.29) is 17.6 Å². The number of phenols is 1. The van der Waals surface area contributed by atoms with E-state index in [1.54, 1.807) is 23.9 Å². The Morgan fingerprint density at radius 2 is 1.82 bits per heavy atom. The predicted molar refractivity (Wildman–Crippen MR) is 89.3 cm³/mol. The van der Waals surface area contributed by atoms with Gasteiger partial charge in [0, 0.05) is 16.6 Å². The molecule has 116 valence electrons. The molecule has 0 spiro atoms. The SMILES string of the molecule is CCOC(=O)CC(CSc1ccc(O)cc1)c1ccccc1. The van der Waals surface area contributed by atoms with Crippen LogP contribution in [-0.2, 0) is 9.53 Å². The Morgan fingerprint density at radius 3 is 2.45 bits per heavy atom. The van der Waals surface area contributed by atoms with Crippen LogP contribution in [0.3, 0.4) is 0 Å². The maximum absolute atomic E-state index is 11.8. The molecule has 1 unspecified atom stereocenters. The number of thioether (sulfide) groups is 1. The molecule has 0 saturated carbocycles. The van der Waals surface area contributed by atoms with Crippen LogP contribution >= 0.6 is 11.8 Å². The monoisotopic (exact) mass is 316 g/mol. The average Bonchev–Trinajstić information content (AvgIpc) is 2.54. The highest BCUT2D eigenvalue weighted by Crippen LogP contribution is 2.29. The highest BCUT2D eigenvalue weighted by Gasteiger charge is 2.17. The van der Waals surface area contributed by atoms with Gasteiger partial charge in [-0.05, 0) is 36.8 Å². The minimum atomic E-state index is -0.164. The van der Waals surface area contributed by atoms with Gasteiger partial charge in [0.15, 0.2) is 0 Å². The Labute approximate surface area is 135 Å². The molecule has 0 aromatic heterocycles. The van der Waals surface area contributed by atoms with Gasteiger partial charge in [0.05, 0.1) is 13.0 Å². The van der Waals surface area contributed by atoms with Gasteiger partial charge in [-0.1, -0.05) is 30.3 Å². The molecule has 2 aromatic rings. The second-order valence-corrected chi connectivity index (χ2v) is 6.02. The number of rotatable bonds is 7. The normalized spacial score (nSPS) is 11.9. The fraction of sp³-hybridized carbons (Fsp3) is 0.278. The van der Waals surface area contributed by atoms with Gasteiger partial charge < -0.3 is 9.84 Å². The number of aromatic hydroxyl groups is 1. The van der Waals surface area contributed by atoms with Crippen molar-refractivity contribution in [2.75, 3.05) is 12.4 Å². The van der Waals surface area contributed by atoms with E-state index in [4.69, 9.17) is 4.74 Å². The van der Waals surface area contributed by atoms with Crippen LogP contribution in [0.25, 0.3) is 0 Å². The fourth-order valence-electron chi connectivity index (χ4n) is 2.16. The van der Waals surface area contributed by atoms with Gasteiger partial charge in [0.25, 0.3) is 0 Å². The van der Waals surface area contributed by atoms with E-state index in [0.29, 0.717) is 13.0 Å². The van der Waals surface area contributed by atoms with Crippen LogP contribution in [0.1, 0.15) is 24.8 Å². The van der Waals surface area contributed by atoms with Crippen LogP contribution in [0.5, 0.6) is 5.75 Å². The van der Waals surface area contributed by atoms with Crippen molar-refractivity contribution in [1.82, 2.24) is 0 Å². The smallest absolute Gasteiger partial charge is 0.306 e. The zero-order chi connectivity index (χ0) is 15.8. The molecule has 4 heteroatoms. The van der Waals surface area contributed by atoms with Crippen molar-refractivity contribution in [2.24, 2.45) is 0 Å². The molecule has 0 bridgehead atoms. The molecule has 2 rings (SSSR count). The lowest BCUT2D eigenvalue weighted by atomic mass is 9.98. The molecular formula is C18H20O3S. The number of esters is 1.